The summed E-state index contributed by atoms with van der Waals surface area (Å²) >= 11 is 0. The van der Waals surface area contributed by atoms with Gasteiger partial charge in [-0.05, 0) is 17.7 Å². The molecule has 0 saturated heterocycles. The van der Waals surface area contributed by atoms with Gasteiger partial charge in [0.25, 0.3) is 0 Å². The number of aliphatic hydroxyl groups excluding tert-OH is 2. The van der Waals surface area contributed by atoms with Gasteiger partial charge in [0.05, 0.1) is 0 Å². The Morgan fingerprint density at radius 3 is 2.41 bits per heavy atom. The molecule has 2 unspecified atom stereocenters. The molecule has 0 saturated carbocycles. The molecule has 5 heteroatoms. The van der Waals surface area contributed by atoms with Crippen LogP contribution < -0.4 is 4.74 Å². The van der Waals surface area contributed by atoms with E-state index < -0.39 is 18.2 Å². The Labute approximate surface area is 98.3 Å². The van der Waals surface area contributed by atoms with Crippen LogP contribution in [0.5, 0.6) is 5.75 Å². The molecule has 0 aromatic heterocycles. The molecule has 5 nitrogen and oxygen atoms in total. The first-order valence-corrected chi connectivity index (χ1v) is 4.81. The molecular formula is C12H12O5. The van der Waals surface area contributed by atoms with Crippen LogP contribution in [-0.4, -0.2) is 34.0 Å². The highest BCUT2D eigenvalue weighted by Gasteiger charge is 2.24. The van der Waals surface area contributed by atoms with Gasteiger partial charge < -0.3 is 20.1 Å². The van der Waals surface area contributed by atoms with Gasteiger partial charge in [-0.2, -0.15) is 0 Å². The minimum absolute atomic E-state index is 0.125. The van der Waals surface area contributed by atoms with Crippen molar-refractivity contribution in [1.29, 1.82) is 0 Å². The summed E-state index contributed by atoms with van der Waals surface area (Å²) in [5.41, 5.74) is 0.285. The van der Waals surface area contributed by atoms with Crippen molar-refractivity contribution in [2.75, 3.05) is 6.61 Å². The van der Waals surface area contributed by atoms with Crippen molar-refractivity contribution in [1.82, 2.24) is 0 Å². The summed E-state index contributed by atoms with van der Waals surface area (Å²) in [6.07, 6.45) is 1.68. The number of aliphatic carboxylic acids is 1. The van der Waals surface area contributed by atoms with Crippen LogP contribution in [0.4, 0.5) is 0 Å². The van der Waals surface area contributed by atoms with Gasteiger partial charge in [-0.25, -0.2) is 4.79 Å². The topological polar surface area (TPSA) is 87.0 Å². The Balaban J connectivity index is 2.74. The summed E-state index contributed by atoms with van der Waals surface area (Å²) in [7, 11) is 0. The SMILES string of the molecule is C#CCOc1ccc(C(O)C(O)C(=O)O)cc1. The van der Waals surface area contributed by atoms with E-state index >= 15 is 0 Å². The van der Waals surface area contributed by atoms with Crippen molar-refractivity contribution >= 4 is 5.97 Å². The van der Waals surface area contributed by atoms with E-state index in [9.17, 15) is 9.90 Å². The average molecular weight is 236 g/mol. The highest BCUT2D eigenvalue weighted by Crippen LogP contribution is 2.20. The Morgan fingerprint density at radius 1 is 1.35 bits per heavy atom. The second kappa shape index (κ2) is 5.89. The van der Waals surface area contributed by atoms with Gasteiger partial charge >= 0.3 is 5.97 Å². The predicted molar refractivity (Wildman–Crippen MR) is 59.4 cm³/mol. The fraction of sp³-hybridized carbons (Fsp3) is 0.250. The minimum Gasteiger partial charge on any atom is -0.481 e. The first-order chi connectivity index (χ1) is 8.06. The zero-order valence-electron chi connectivity index (χ0n) is 8.91. The van der Waals surface area contributed by atoms with Crippen LogP contribution in [0.3, 0.4) is 0 Å². The number of terminal acetylenes is 1. The number of aliphatic hydroxyl groups is 2. The van der Waals surface area contributed by atoms with Crippen LogP contribution in [0.15, 0.2) is 24.3 Å². The van der Waals surface area contributed by atoms with Crippen molar-refractivity contribution in [3.8, 4) is 18.1 Å². The summed E-state index contributed by atoms with van der Waals surface area (Å²) in [5.74, 6) is 1.32. The maximum atomic E-state index is 10.5. The van der Waals surface area contributed by atoms with E-state index in [1.807, 2.05) is 0 Å². The molecule has 0 amide bonds. The third kappa shape index (κ3) is 3.48. The highest BCUT2D eigenvalue weighted by atomic mass is 16.5. The largest absolute Gasteiger partial charge is 0.481 e. The van der Waals surface area contributed by atoms with Gasteiger partial charge in [-0.3, -0.25) is 0 Å². The average Bonchev–Trinajstić information content (AvgIpc) is 2.35. The molecule has 0 fully saturated rings. The van der Waals surface area contributed by atoms with E-state index in [-0.39, 0.29) is 12.2 Å². The third-order valence-corrected chi connectivity index (χ3v) is 2.10. The number of carbonyl (C=O) groups is 1. The Morgan fingerprint density at radius 2 is 1.94 bits per heavy atom. The second-order valence-corrected chi connectivity index (χ2v) is 3.29. The van der Waals surface area contributed by atoms with Crippen LogP contribution in [-0.2, 0) is 4.79 Å². The van der Waals surface area contributed by atoms with E-state index in [4.69, 9.17) is 21.4 Å². The summed E-state index contributed by atoms with van der Waals surface area (Å²) in [4.78, 5) is 10.5. The number of carboxylic acids is 1. The monoisotopic (exact) mass is 236 g/mol. The van der Waals surface area contributed by atoms with Crippen molar-refractivity contribution in [2.45, 2.75) is 12.2 Å². The Kier molecular flexibility index (Phi) is 4.52. The third-order valence-electron chi connectivity index (χ3n) is 2.10. The smallest absolute Gasteiger partial charge is 0.335 e. The van der Waals surface area contributed by atoms with Gasteiger partial charge in [0.1, 0.15) is 18.5 Å². The molecular weight excluding hydrogens is 224 g/mol. The molecule has 1 rings (SSSR count). The molecule has 17 heavy (non-hydrogen) atoms. The lowest BCUT2D eigenvalue weighted by Gasteiger charge is -2.14. The lowest BCUT2D eigenvalue weighted by molar-refractivity contribution is -0.153. The number of benzene rings is 1. The lowest BCUT2D eigenvalue weighted by Crippen LogP contribution is -2.27. The van der Waals surface area contributed by atoms with Gasteiger partial charge in [0.2, 0.25) is 0 Å². The maximum Gasteiger partial charge on any atom is 0.335 e. The molecule has 0 bridgehead atoms. The number of rotatable bonds is 5. The standard InChI is InChI=1S/C12H12O5/c1-2-7-17-9-5-3-8(4-6-9)10(13)11(14)12(15)16/h1,3-6,10-11,13-14H,7H2,(H,15,16). The van der Waals surface area contributed by atoms with E-state index in [0.29, 0.717) is 5.75 Å². The first kappa shape index (κ1) is 13.0. The predicted octanol–water partition coefficient (Wildman–Crippen LogP) is 0.177. The Bertz CT molecular complexity index is 418. The zero-order chi connectivity index (χ0) is 12.8. The van der Waals surface area contributed by atoms with Gasteiger partial charge in [0, 0.05) is 0 Å². The molecule has 0 aliphatic rings. The van der Waals surface area contributed by atoms with Gasteiger partial charge in [-0.1, -0.05) is 18.1 Å². The molecule has 0 aliphatic carbocycles. The first-order valence-electron chi connectivity index (χ1n) is 4.81. The number of hydrogen-bond donors (Lipinski definition) is 3. The van der Waals surface area contributed by atoms with E-state index in [0.717, 1.165) is 0 Å². The quantitative estimate of drug-likeness (QED) is 0.635. The number of hydrogen-bond acceptors (Lipinski definition) is 4. The number of carboxylic acid groups (broad SMARTS) is 1. The zero-order valence-corrected chi connectivity index (χ0v) is 8.91. The molecule has 1 aromatic carbocycles. The second-order valence-electron chi connectivity index (χ2n) is 3.29. The Hall–Kier alpha value is -2.03. The molecule has 0 radical (unpaired) electrons. The summed E-state index contributed by atoms with van der Waals surface area (Å²) in [5, 5.41) is 27.2. The fourth-order valence-corrected chi connectivity index (χ4v) is 1.20. The number of ether oxygens (including phenoxy) is 1. The molecule has 0 aliphatic heterocycles. The van der Waals surface area contributed by atoms with Crippen LogP contribution in [0.2, 0.25) is 0 Å². The summed E-state index contributed by atoms with van der Waals surface area (Å²) in [6, 6.07) is 5.99. The molecule has 1 aromatic rings. The minimum atomic E-state index is -1.85. The van der Waals surface area contributed by atoms with Crippen molar-refractivity contribution < 1.29 is 24.9 Å². The molecule has 2 atom stereocenters. The van der Waals surface area contributed by atoms with Crippen LogP contribution in [0, 0.1) is 12.3 Å². The summed E-state index contributed by atoms with van der Waals surface area (Å²) < 4.78 is 5.10. The van der Waals surface area contributed by atoms with E-state index in [1.54, 1.807) is 0 Å². The summed E-state index contributed by atoms with van der Waals surface area (Å²) in [6.45, 7) is 0.125. The van der Waals surface area contributed by atoms with E-state index in [2.05, 4.69) is 5.92 Å². The maximum absolute atomic E-state index is 10.5. The van der Waals surface area contributed by atoms with Crippen LogP contribution in [0.25, 0.3) is 0 Å². The fourth-order valence-electron chi connectivity index (χ4n) is 1.20. The lowest BCUT2D eigenvalue weighted by atomic mass is 10.0. The molecule has 90 valence electrons. The van der Waals surface area contributed by atoms with Gasteiger partial charge in [-0.15, -0.1) is 6.42 Å². The van der Waals surface area contributed by atoms with Crippen LogP contribution in [0.1, 0.15) is 11.7 Å². The van der Waals surface area contributed by atoms with Crippen molar-refractivity contribution in [3.05, 3.63) is 29.8 Å². The van der Waals surface area contributed by atoms with E-state index in [1.165, 1.54) is 24.3 Å². The van der Waals surface area contributed by atoms with Gasteiger partial charge in [0.15, 0.2) is 6.10 Å². The highest BCUT2D eigenvalue weighted by molar-refractivity contribution is 5.73. The normalized spacial score (nSPS) is 13.5. The van der Waals surface area contributed by atoms with Crippen molar-refractivity contribution in [3.63, 3.8) is 0 Å². The molecule has 3 N–H and O–H groups in total. The van der Waals surface area contributed by atoms with Crippen molar-refractivity contribution in [2.24, 2.45) is 0 Å². The molecule has 0 heterocycles. The molecule has 0 spiro atoms. The van der Waals surface area contributed by atoms with Crippen LogP contribution >= 0.6 is 0 Å².